The maximum atomic E-state index is 15.2. The maximum Gasteiger partial charge on any atom is 0.475 e. The second kappa shape index (κ2) is 23.1. The van der Waals surface area contributed by atoms with Gasteiger partial charge in [-0.1, -0.05) is 79.5 Å². The van der Waals surface area contributed by atoms with Gasteiger partial charge in [-0.3, -0.25) is 42.6 Å². The number of nitriles is 1. The van der Waals surface area contributed by atoms with Crippen LogP contribution >= 0.6 is 26.6 Å². The zero-order chi connectivity index (χ0) is 47.7. The predicted molar refractivity (Wildman–Crippen MR) is 250 cm³/mol. The van der Waals surface area contributed by atoms with Gasteiger partial charge in [-0.05, 0) is 49.4 Å². The fourth-order valence-corrected chi connectivity index (χ4v) is 22.4. The summed E-state index contributed by atoms with van der Waals surface area (Å²) < 4.78 is 83.9. The molecule has 0 radical (unpaired) electrons. The van der Waals surface area contributed by atoms with Gasteiger partial charge in [0.1, 0.15) is 30.7 Å². The van der Waals surface area contributed by atoms with Crippen molar-refractivity contribution in [3.8, 4) is 11.9 Å². The van der Waals surface area contributed by atoms with Crippen molar-refractivity contribution < 1.29 is 54.8 Å². The molecular weight excluding hydrogens is 951 g/mol. The minimum Gasteiger partial charge on any atom is -0.474 e. The number of imidazole rings is 1. The highest BCUT2D eigenvalue weighted by Gasteiger charge is 2.57. The van der Waals surface area contributed by atoms with Gasteiger partial charge in [0, 0.05) is 18.2 Å². The number of anilines is 1. The van der Waals surface area contributed by atoms with E-state index in [0.717, 1.165) is 0 Å². The fourth-order valence-electron chi connectivity index (χ4n) is 8.91. The number of nitrogens with zero attached hydrogens (tertiary/aromatic N) is 6. The van der Waals surface area contributed by atoms with Crippen molar-refractivity contribution in [3.05, 3.63) is 35.3 Å². The third-order valence-electron chi connectivity index (χ3n) is 11.8. The topological polar surface area (TPSA) is 270 Å². The molecule has 3 fully saturated rings. The largest absolute Gasteiger partial charge is 0.475 e. The number of phosphoric ester groups is 1. The number of rotatable bonds is 20. The number of nitrogens with one attached hydrogen (secondary N) is 2. The van der Waals surface area contributed by atoms with Crippen LogP contribution in [0.5, 0.6) is 5.88 Å². The third kappa shape index (κ3) is 12.8. The number of ether oxygens (including phenoxy) is 2. The van der Waals surface area contributed by atoms with Gasteiger partial charge in [0.15, 0.2) is 17.4 Å². The van der Waals surface area contributed by atoms with Crippen molar-refractivity contribution in [2.75, 3.05) is 25.1 Å². The predicted octanol–water partition coefficient (Wildman–Crippen LogP) is 7.53. The van der Waals surface area contributed by atoms with E-state index in [2.05, 4.69) is 30.2 Å². The van der Waals surface area contributed by atoms with E-state index in [9.17, 15) is 24.2 Å². The van der Waals surface area contributed by atoms with Gasteiger partial charge in [0.25, 0.3) is 12.1 Å². The molecule has 9 atom stereocenters. The second-order valence-electron chi connectivity index (χ2n) is 17.3. The highest BCUT2D eigenvalue weighted by Crippen LogP contribution is 2.65. The van der Waals surface area contributed by atoms with E-state index >= 15 is 4.57 Å². The molecule has 1 saturated carbocycles. The lowest BCUT2D eigenvalue weighted by molar-refractivity contribution is -0.118. The average Bonchev–Trinajstić information content (AvgIpc) is 3.96. The second-order valence-corrected chi connectivity index (χ2v) is 29.4. The third-order valence-corrected chi connectivity index (χ3v) is 25.3. The van der Waals surface area contributed by atoms with Gasteiger partial charge in [0.2, 0.25) is 17.7 Å². The molecule has 1 aliphatic carbocycles. The number of fused-ring (bicyclic) bond motifs is 4. The molecule has 3 aromatic heterocycles. The van der Waals surface area contributed by atoms with Gasteiger partial charge in [-0.2, -0.15) is 10.2 Å². The molecule has 2 bridgehead atoms. The van der Waals surface area contributed by atoms with Crippen molar-refractivity contribution >= 4 is 66.8 Å². The van der Waals surface area contributed by atoms with Crippen LogP contribution in [0.3, 0.4) is 0 Å². The first-order valence-corrected chi connectivity index (χ1v) is 31.7. The summed E-state index contributed by atoms with van der Waals surface area (Å²) in [6.45, 7) is 6.63. The SMILES string of the molecule is CCC[Si](O)(CCC)O[Si](CCC)(CCC)O[C@H]1[C@H]2OP(=O)(OCCC#N)OCC[C@H]3C[C@@H](Oc4ccncn4)C[C@@H]3P(=O)(S)OC[C@H]1O[C@H]2n1cnc2c(=O)[nH]c(NC(=O)C(C)C)nc21. The van der Waals surface area contributed by atoms with Crippen molar-refractivity contribution in [1.82, 2.24) is 29.5 Å². The van der Waals surface area contributed by atoms with E-state index in [1.54, 1.807) is 26.1 Å². The minimum absolute atomic E-state index is 0.0306. The Morgan fingerprint density at radius 1 is 1.11 bits per heavy atom. The van der Waals surface area contributed by atoms with Crippen LogP contribution in [0.1, 0.15) is 99.1 Å². The van der Waals surface area contributed by atoms with Crippen LogP contribution in [0.4, 0.5) is 5.95 Å². The Kier molecular flexibility index (Phi) is 18.4. The van der Waals surface area contributed by atoms with E-state index in [0.29, 0.717) is 62.2 Å². The number of aromatic nitrogens is 6. The quantitative estimate of drug-likeness (QED) is 0.0368. The fraction of sp³-hybridized carbons (Fsp3) is 0.725. The number of phosphoric acid groups is 1. The van der Waals surface area contributed by atoms with Crippen LogP contribution in [0.15, 0.2) is 29.7 Å². The van der Waals surface area contributed by atoms with Crippen LogP contribution in [-0.2, 0) is 45.3 Å². The minimum atomic E-state index is -4.67. The van der Waals surface area contributed by atoms with Crippen LogP contribution in [0, 0.1) is 23.2 Å². The average molecular weight is 1020 g/mol. The lowest BCUT2D eigenvalue weighted by Crippen LogP contribution is -2.57. The summed E-state index contributed by atoms with van der Waals surface area (Å²) in [5.74, 6) is -1.01. The van der Waals surface area contributed by atoms with Gasteiger partial charge in [0.05, 0.1) is 44.3 Å². The van der Waals surface area contributed by atoms with Gasteiger partial charge < -0.3 is 27.3 Å². The molecule has 66 heavy (non-hydrogen) atoms. The zero-order valence-electron chi connectivity index (χ0n) is 38.4. The number of thiol groups is 1. The first-order valence-electron chi connectivity index (χ1n) is 22.9. The summed E-state index contributed by atoms with van der Waals surface area (Å²) in [4.78, 5) is 58.1. The molecule has 5 heterocycles. The summed E-state index contributed by atoms with van der Waals surface area (Å²) in [7, 11) is -11.6. The first kappa shape index (κ1) is 52.5. The Hall–Kier alpha value is -2.89. The number of hydrogen-bond acceptors (Lipinski definition) is 18. The van der Waals surface area contributed by atoms with Crippen molar-refractivity contribution in [1.29, 1.82) is 5.26 Å². The monoisotopic (exact) mass is 1010 g/mol. The Morgan fingerprint density at radius 3 is 2.48 bits per heavy atom. The van der Waals surface area contributed by atoms with Crippen molar-refractivity contribution in [2.45, 2.75) is 153 Å². The molecule has 6 rings (SSSR count). The Balaban J connectivity index is 1.49. The van der Waals surface area contributed by atoms with E-state index in [1.165, 1.54) is 17.2 Å². The maximum absolute atomic E-state index is 15.2. The number of aromatic amines is 1. The summed E-state index contributed by atoms with van der Waals surface area (Å²) in [5, 5.41) is 12.1. The van der Waals surface area contributed by atoms with Gasteiger partial charge in [-0.25, -0.2) is 19.5 Å². The van der Waals surface area contributed by atoms with E-state index < -0.39 is 85.2 Å². The van der Waals surface area contributed by atoms with E-state index in [1.807, 2.05) is 33.8 Å². The normalized spacial score (nSPS) is 28.6. The molecule has 0 spiro atoms. The molecular formula is C40H64N8O13P2SSi2. The zero-order valence-corrected chi connectivity index (χ0v) is 43.1. The molecule has 3 aromatic rings. The number of amides is 1. The van der Waals surface area contributed by atoms with Crippen LogP contribution in [0.2, 0.25) is 24.2 Å². The molecule has 2 aliphatic heterocycles. The molecule has 2 unspecified atom stereocenters. The molecule has 3 aliphatic rings. The van der Waals surface area contributed by atoms with Gasteiger partial charge in [-0.15, -0.1) is 0 Å². The van der Waals surface area contributed by atoms with Crippen LogP contribution in [-0.4, -0.2) is 107 Å². The molecule has 1 amide bonds. The highest BCUT2D eigenvalue weighted by atomic mass is 32.7. The molecule has 0 aromatic carbocycles. The van der Waals surface area contributed by atoms with Crippen LogP contribution < -0.4 is 15.6 Å². The number of carbonyl (C=O) groups is 1. The Bertz CT molecular complexity index is 2280. The molecule has 21 nitrogen and oxygen atoms in total. The lowest BCUT2D eigenvalue weighted by Gasteiger charge is -2.41. The lowest BCUT2D eigenvalue weighted by atomic mass is 10.0. The van der Waals surface area contributed by atoms with E-state index in [4.69, 9.17) is 48.4 Å². The summed E-state index contributed by atoms with van der Waals surface area (Å²) in [5.41, 5.74) is -1.46. The van der Waals surface area contributed by atoms with Crippen LogP contribution in [0.25, 0.3) is 11.2 Å². The summed E-state index contributed by atoms with van der Waals surface area (Å²) in [6.07, 6.45) is 2.02. The smallest absolute Gasteiger partial charge is 0.474 e. The van der Waals surface area contributed by atoms with E-state index in [-0.39, 0.29) is 62.1 Å². The summed E-state index contributed by atoms with van der Waals surface area (Å²) in [6, 6.07) is 5.49. The Labute approximate surface area is 392 Å². The van der Waals surface area contributed by atoms with Crippen molar-refractivity contribution in [3.63, 3.8) is 0 Å². The molecule has 3 N–H and O–H groups in total. The first-order chi connectivity index (χ1) is 31.5. The molecule has 366 valence electrons. The standard InChI is InChI=1S/C40H64N8O13P2SSi2/c1-7-18-65(53,19-8-2)61-66(20-9-3,21-10-4)60-34-30-24-56-62(51,64)31-23-29(57-32-12-15-42-25-43-32)22-28(31)13-17-55-63(52,54-16-11-14-41)59-35(34)39(58-30)48-26-44-33-36(48)45-40(47-38(33)50)46-37(49)27(5)6/h12,15,25-31,34-35,39,53H,7-11,13,16-24H2,1-6H3,(H,51,64)(H2,45,46,47,49,50)/t28-,29+,30+,31-,34+,35+,39+,62?,63?/m0/s1. The van der Waals surface area contributed by atoms with Crippen molar-refractivity contribution in [2.24, 2.45) is 11.8 Å². The summed E-state index contributed by atoms with van der Waals surface area (Å²) >= 11 is 4.74. The molecule has 2 saturated heterocycles. The highest BCUT2D eigenvalue weighted by molar-refractivity contribution is 8.46. The number of H-pyrrole nitrogens is 1. The Morgan fingerprint density at radius 2 is 1.83 bits per heavy atom. The molecule has 26 heteroatoms. The number of hydrogen-bond donors (Lipinski definition) is 4. The number of carbonyl (C=O) groups excluding carboxylic acids is 1. The van der Waals surface area contributed by atoms with Gasteiger partial charge >= 0.3 is 24.9 Å².